The van der Waals surface area contributed by atoms with E-state index in [1.54, 1.807) is 12.3 Å². The number of halogens is 1. The van der Waals surface area contributed by atoms with Gasteiger partial charge in [0.05, 0.1) is 16.3 Å². The van der Waals surface area contributed by atoms with Crippen LogP contribution < -0.4 is 5.32 Å². The number of benzene rings is 1. The lowest BCUT2D eigenvalue weighted by Crippen LogP contribution is -2.19. The number of hydrogen-bond acceptors (Lipinski definition) is 4. The highest BCUT2D eigenvalue weighted by molar-refractivity contribution is 9.10. The van der Waals surface area contributed by atoms with Crippen molar-refractivity contribution in [3.63, 3.8) is 0 Å². The Morgan fingerprint density at radius 3 is 2.71 bits per heavy atom. The van der Waals surface area contributed by atoms with E-state index in [4.69, 9.17) is 0 Å². The molecular weight excluding hydrogens is 350 g/mol. The van der Waals surface area contributed by atoms with Crippen LogP contribution in [0.15, 0.2) is 63.0 Å². The molecule has 1 aromatic heterocycles. The third-order valence-corrected chi connectivity index (χ3v) is 4.11. The van der Waals surface area contributed by atoms with Gasteiger partial charge in [-0.2, -0.15) is 0 Å². The summed E-state index contributed by atoms with van der Waals surface area (Å²) < 4.78 is 0.991. The van der Waals surface area contributed by atoms with Gasteiger partial charge in [-0.25, -0.2) is 4.99 Å². The van der Waals surface area contributed by atoms with Crippen LogP contribution in [0.3, 0.4) is 0 Å². The number of rotatable bonds is 2. The lowest BCUT2D eigenvalue weighted by Gasteiger charge is -1.96. The highest BCUT2D eigenvalue weighted by Gasteiger charge is 2.23. The monoisotopic (exact) mass is 359 g/mol. The molecule has 1 fully saturated rings. The van der Waals surface area contributed by atoms with E-state index in [1.807, 2.05) is 42.5 Å². The maximum absolute atomic E-state index is 11.9. The molecule has 1 N–H and O–H groups in total. The summed E-state index contributed by atoms with van der Waals surface area (Å²) in [5, 5.41) is 3.33. The number of amidine groups is 1. The molecule has 2 aromatic rings. The Morgan fingerprint density at radius 1 is 1.19 bits per heavy atom. The number of pyridine rings is 1. The molecule has 0 unspecified atom stereocenters. The van der Waals surface area contributed by atoms with Crippen molar-refractivity contribution in [1.82, 2.24) is 10.3 Å². The smallest absolute Gasteiger partial charge is 0.264 e. The SMILES string of the molecule is O=C1NC(=Nc2ccc(Br)cc2)S/C1=C/c1ccccn1. The molecule has 1 amide bonds. The first-order chi connectivity index (χ1) is 10.2. The van der Waals surface area contributed by atoms with Gasteiger partial charge in [-0.05, 0) is 54.2 Å². The zero-order valence-electron chi connectivity index (χ0n) is 10.8. The van der Waals surface area contributed by atoms with E-state index in [-0.39, 0.29) is 5.91 Å². The maximum Gasteiger partial charge on any atom is 0.264 e. The Morgan fingerprint density at radius 2 is 2.00 bits per heavy atom. The normalized spacial score (nSPS) is 18.2. The van der Waals surface area contributed by atoms with E-state index in [0.29, 0.717) is 10.1 Å². The molecule has 104 valence electrons. The van der Waals surface area contributed by atoms with E-state index >= 15 is 0 Å². The summed E-state index contributed by atoms with van der Waals surface area (Å²) in [7, 11) is 0. The minimum atomic E-state index is -0.151. The third-order valence-electron chi connectivity index (χ3n) is 2.67. The number of nitrogens with one attached hydrogen (secondary N) is 1. The first-order valence-corrected chi connectivity index (χ1v) is 7.78. The fourth-order valence-corrected chi connectivity index (χ4v) is 2.80. The molecular formula is C15H10BrN3OS. The van der Waals surface area contributed by atoms with Crippen molar-refractivity contribution in [2.24, 2.45) is 4.99 Å². The van der Waals surface area contributed by atoms with Gasteiger partial charge < -0.3 is 5.32 Å². The van der Waals surface area contributed by atoms with Gasteiger partial charge in [0.1, 0.15) is 0 Å². The van der Waals surface area contributed by atoms with Crippen molar-refractivity contribution < 1.29 is 4.79 Å². The van der Waals surface area contributed by atoms with Crippen LogP contribution in [0.2, 0.25) is 0 Å². The van der Waals surface area contributed by atoms with Crippen LogP contribution in [0.4, 0.5) is 5.69 Å². The summed E-state index contributed by atoms with van der Waals surface area (Å²) >= 11 is 4.69. The maximum atomic E-state index is 11.9. The van der Waals surface area contributed by atoms with E-state index in [2.05, 4.69) is 31.2 Å². The highest BCUT2D eigenvalue weighted by atomic mass is 79.9. The molecule has 1 aliphatic rings. The van der Waals surface area contributed by atoms with Gasteiger partial charge in [0, 0.05) is 10.7 Å². The number of amides is 1. The highest BCUT2D eigenvalue weighted by Crippen LogP contribution is 2.27. The van der Waals surface area contributed by atoms with Gasteiger partial charge in [-0.1, -0.05) is 22.0 Å². The van der Waals surface area contributed by atoms with Crippen LogP contribution in [0.1, 0.15) is 5.69 Å². The number of carbonyl (C=O) groups is 1. The third kappa shape index (κ3) is 3.59. The van der Waals surface area contributed by atoms with Gasteiger partial charge in [0.25, 0.3) is 5.91 Å². The lowest BCUT2D eigenvalue weighted by atomic mass is 10.3. The predicted molar refractivity (Wildman–Crippen MR) is 89.2 cm³/mol. The van der Waals surface area contributed by atoms with Crippen LogP contribution in [-0.4, -0.2) is 16.1 Å². The molecule has 0 bridgehead atoms. The van der Waals surface area contributed by atoms with Crippen LogP contribution in [0, 0.1) is 0 Å². The fraction of sp³-hybridized carbons (Fsp3) is 0. The quantitative estimate of drug-likeness (QED) is 0.831. The van der Waals surface area contributed by atoms with Gasteiger partial charge in [0.15, 0.2) is 5.17 Å². The summed E-state index contributed by atoms with van der Waals surface area (Å²) in [4.78, 5) is 21.1. The molecule has 0 radical (unpaired) electrons. The summed E-state index contributed by atoms with van der Waals surface area (Å²) in [5.41, 5.74) is 1.54. The minimum absolute atomic E-state index is 0.151. The number of aromatic nitrogens is 1. The standard InChI is InChI=1S/C15H10BrN3OS/c16-10-4-6-11(7-5-10)18-15-19-14(20)13(21-15)9-12-3-1-2-8-17-12/h1-9H,(H,18,19,20)/b13-9+. The molecule has 3 rings (SSSR count). The van der Waals surface area contributed by atoms with E-state index in [1.165, 1.54) is 11.8 Å². The Balaban J connectivity index is 1.81. The molecule has 0 saturated carbocycles. The Labute approximate surface area is 134 Å². The summed E-state index contributed by atoms with van der Waals surface area (Å²) in [6.45, 7) is 0. The number of nitrogens with zero attached hydrogens (tertiary/aromatic N) is 2. The number of thioether (sulfide) groups is 1. The first-order valence-electron chi connectivity index (χ1n) is 6.17. The number of carbonyl (C=O) groups excluding carboxylic acids is 1. The van der Waals surface area contributed by atoms with Crippen molar-refractivity contribution >= 4 is 50.5 Å². The van der Waals surface area contributed by atoms with Gasteiger partial charge >= 0.3 is 0 Å². The second kappa shape index (κ2) is 6.24. The minimum Gasteiger partial charge on any atom is -0.300 e. The van der Waals surface area contributed by atoms with Crippen LogP contribution in [-0.2, 0) is 4.79 Å². The molecule has 0 atom stereocenters. The largest absolute Gasteiger partial charge is 0.300 e. The van der Waals surface area contributed by atoms with Gasteiger partial charge in [0.2, 0.25) is 0 Å². The fourth-order valence-electron chi connectivity index (χ4n) is 1.71. The Kier molecular flexibility index (Phi) is 4.17. The first kappa shape index (κ1) is 14.0. The van der Waals surface area contributed by atoms with Crippen molar-refractivity contribution in [1.29, 1.82) is 0 Å². The van der Waals surface area contributed by atoms with Crippen LogP contribution >= 0.6 is 27.7 Å². The molecule has 1 aliphatic heterocycles. The molecule has 1 aromatic carbocycles. The molecule has 0 aliphatic carbocycles. The predicted octanol–water partition coefficient (Wildman–Crippen LogP) is 3.74. The summed E-state index contributed by atoms with van der Waals surface area (Å²) in [6.07, 6.45) is 3.45. The summed E-state index contributed by atoms with van der Waals surface area (Å²) in [6, 6.07) is 13.1. The lowest BCUT2D eigenvalue weighted by molar-refractivity contribution is -0.115. The van der Waals surface area contributed by atoms with Gasteiger partial charge in [-0.15, -0.1) is 0 Å². The van der Waals surface area contributed by atoms with E-state index in [0.717, 1.165) is 15.9 Å². The molecule has 1 saturated heterocycles. The van der Waals surface area contributed by atoms with Crippen molar-refractivity contribution in [3.05, 3.63) is 63.7 Å². The zero-order valence-corrected chi connectivity index (χ0v) is 13.2. The van der Waals surface area contributed by atoms with Crippen molar-refractivity contribution in [2.45, 2.75) is 0 Å². The average molecular weight is 360 g/mol. The summed E-state index contributed by atoms with van der Waals surface area (Å²) in [5.74, 6) is -0.151. The van der Waals surface area contributed by atoms with E-state index in [9.17, 15) is 4.79 Å². The topological polar surface area (TPSA) is 54.4 Å². The molecule has 4 nitrogen and oxygen atoms in total. The Bertz CT molecular complexity index is 726. The molecule has 2 heterocycles. The Hall–Kier alpha value is -1.92. The molecule has 0 spiro atoms. The van der Waals surface area contributed by atoms with E-state index < -0.39 is 0 Å². The number of hydrogen-bond donors (Lipinski definition) is 1. The number of aliphatic imine (C=N–C) groups is 1. The molecule has 21 heavy (non-hydrogen) atoms. The zero-order chi connectivity index (χ0) is 14.7. The molecule has 6 heteroatoms. The second-order valence-electron chi connectivity index (χ2n) is 4.21. The van der Waals surface area contributed by atoms with Crippen molar-refractivity contribution in [3.8, 4) is 0 Å². The van der Waals surface area contributed by atoms with Gasteiger partial charge in [-0.3, -0.25) is 9.78 Å². The van der Waals surface area contributed by atoms with Crippen LogP contribution in [0.25, 0.3) is 6.08 Å². The average Bonchev–Trinajstić information content (AvgIpc) is 2.82. The van der Waals surface area contributed by atoms with Crippen molar-refractivity contribution in [2.75, 3.05) is 0 Å². The van der Waals surface area contributed by atoms with Crippen LogP contribution in [0.5, 0.6) is 0 Å². The second-order valence-corrected chi connectivity index (χ2v) is 6.16.